The Morgan fingerprint density at radius 1 is 1.32 bits per heavy atom. The molecule has 0 atom stereocenters. The van der Waals surface area contributed by atoms with Crippen molar-refractivity contribution in [2.24, 2.45) is 0 Å². The molecule has 1 fully saturated rings. The maximum absolute atomic E-state index is 3.71. The predicted molar refractivity (Wildman–Crippen MR) is 90.3 cm³/mol. The number of nitrogens with one attached hydrogen (secondary N) is 1. The average Bonchev–Trinajstić information content (AvgIpc) is 2.70. The van der Waals surface area contributed by atoms with Crippen molar-refractivity contribution in [2.45, 2.75) is 26.3 Å². The van der Waals surface area contributed by atoms with Crippen LogP contribution in [-0.4, -0.2) is 31.1 Å². The van der Waals surface area contributed by atoms with E-state index in [1.807, 2.05) is 0 Å². The standard InChI is InChI=1S/C15H23BrN2S/c1-2-6-17-12-13-4-5-14(11-15(13)16)18-7-3-9-19-10-8-18/h4-5,11,17H,2-3,6-10,12H2,1H3. The Hall–Kier alpha value is -0.190. The second-order valence-corrected chi connectivity index (χ2v) is 6.98. The highest BCUT2D eigenvalue weighted by Crippen LogP contribution is 2.26. The van der Waals surface area contributed by atoms with Gasteiger partial charge in [-0.1, -0.05) is 28.9 Å². The third-order valence-electron chi connectivity index (χ3n) is 3.37. The molecule has 1 N–H and O–H groups in total. The number of halogens is 1. The number of hydrogen-bond donors (Lipinski definition) is 1. The minimum atomic E-state index is 0.949. The quantitative estimate of drug-likeness (QED) is 0.817. The van der Waals surface area contributed by atoms with Gasteiger partial charge in [0.15, 0.2) is 0 Å². The Labute approximate surface area is 129 Å². The zero-order valence-corrected chi connectivity index (χ0v) is 14.0. The molecule has 2 nitrogen and oxygen atoms in total. The first-order chi connectivity index (χ1) is 9.31. The lowest BCUT2D eigenvalue weighted by Crippen LogP contribution is -2.25. The van der Waals surface area contributed by atoms with Crippen molar-refractivity contribution in [3.8, 4) is 0 Å². The van der Waals surface area contributed by atoms with E-state index in [4.69, 9.17) is 0 Å². The van der Waals surface area contributed by atoms with Crippen LogP contribution in [0.1, 0.15) is 25.3 Å². The molecule has 1 aliphatic heterocycles. The lowest BCUT2D eigenvalue weighted by Gasteiger charge is -2.23. The van der Waals surface area contributed by atoms with Crippen LogP contribution in [0.3, 0.4) is 0 Å². The summed E-state index contributed by atoms with van der Waals surface area (Å²) in [4.78, 5) is 2.51. The highest BCUT2D eigenvalue weighted by molar-refractivity contribution is 9.10. The molecule has 0 amide bonds. The summed E-state index contributed by atoms with van der Waals surface area (Å²) in [5, 5.41) is 3.45. The molecule has 2 rings (SSSR count). The molecule has 0 spiro atoms. The lowest BCUT2D eigenvalue weighted by molar-refractivity contribution is 0.674. The molecule has 106 valence electrons. The van der Waals surface area contributed by atoms with Crippen molar-refractivity contribution in [1.82, 2.24) is 5.32 Å². The van der Waals surface area contributed by atoms with Gasteiger partial charge in [0.1, 0.15) is 0 Å². The maximum atomic E-state index is 3.71. The average molecular weight is 343 g/mol. The molecular weight excluding hydrogens is 320 g/mol. The summed E-state index contributed by atoms with van der Waals surface area (Å²) in [6, 6.07) is 6.79. The highest BCUT2D eigenvalue weighted by atomic mass is 79.9. The van der Waals surface area contributed by atoms with E-state index in [0.29, 0.717) is 0 Å². The van der Waals surface area contributed by atoms with Crippen LogP contribution < -0.4 is 10.2 Å². The maximum Gasteiger partial charge on any atom is 0.0378 e. The van der Waals surface area contributed by atoms with E-state index in [-0.39, 0.29) is 0 Å². The summed E-state index contributed by atoms with van der Waals surface area (Å²) in [6.45, 7) is 6.59. The Morgan fingerprint density at radius 3 is 3.00 bits per heavy atom. The van der Waals surface area contributed by atoms with Crippen molar-refractivity contribution >= 4 is 33.4 Å². The van der Waals surface area contributed by atoms with Gasteiger partial charge in [-0.3, -0.25) is 0 Å². The fourth-order valence-electron chi connectivity index (χ4n) is 2.28. The molecule has 1 aromatic carbocycles. The van der Waals surface area contributed by atoms with Crippen LogP contribution in [0, 0.1) is 0 Å². The predicted octanol–water partition coefficient (Wildman–Crippen LogP) is 3.89. The molecule has 1 aliphatic rings. The Morgan fingerprint density at radius 2 is 2.21 bits per heavy atom. The van der Waals surface area contributed by atoms with E-state index >= 15 is 0 Å². The molecule has 0 bridgehead atoms. The van der Waals surface area contributed by atoms with Gasteiger partial charge in [-0.2, -0.15) is 11.8 Å². The Bertz CT molecular complexity index is 390. The second-order valence-electron chi connectivity index (χ2n) is 4.91. The van der Waals surface area contributed by atoms with Crippen molar-refractivity contribution in [2.75, 3.05) is 36.0 Å². The van der Waals surface area contributed by atoms with Gasteiger partial charge in [0.25, 0.3) is 0 Å². The SMILES string of the molecule is CCCNCc1ccc(N2CCCSCC2)cc1Br. The molecule has 0 aromatic heterocycles. The molecule has 0 radical (unpaired) electrons. The first kappa shape index (κ1) is 15.2. The number of thioether (sulfide) groups is 1. The van der Waals surface area contributed by atoms with E-state index < -0.39 is 0 Å². The monoisotopic (exact) mass is 342 g/mol. The molecule has 0 saturated carbocycles. The van der Waals surface area contributed by atoms with Gasteiger partial charge in [0.2, 0.25) is 0 Å². The number of hydrogen-bond acceptors (Lipinski definition) is 3. The van der Waals surface area contributed by atoms with Crippen LogP contribution >= 0.6 is 27.7 Å². The van der Waals surface area contributed by atoms with Crippen LogP contribution in [0.5, 0.6) is 0 Å². The van der Waals surface area contributed by atoms with Crippen LogP contribution in [0.2, 0.25) is 0 Å². The van der Waals surface area contributed by atoms with Crippen LogP contribution in [-0.2, 0) is 6.54 Å². The van der Waals surface area contributed by atoms with E-state index in [9.17, 15) is 0 Å². The molecule has 1 heterocycles. The van der Waals surface area contributed by atoms with Gasteiger partial charge in [-0.05, 0) is 42.8 Å². The van der Waals surface area contributed by atoms with Gasteiger partial charge < -0.3 is 10.2 Å². The van der Waals surface area contributed by atoms with Gasteiger partial charge in [-0.25, -0.2) is 0 Å². The number of nitrogens with zero attached hydrogens (tertiary/aromatic N) is 1. The van der Waals surface area contributed by atoms with Gasteiger partial charge in [0, 0.05) is 35.5 Å². The zero-order valence-electron chi connectivity index (χ0n) is 11.6. The zero-order chi connectivity index (χ0) is 13.5. The minimum absolute atomic E-state index is 0.949. The molecule has 19 heavy (non-hydrogen) atoms. The summed E-state index contributed by atoms with van der Waals surface area (Å²) < 4.78 is 1.23. The molecule has 4 heteroatoms. The van der Waals surface area contributed by atoms with Crippen LogP contribution in [0.4, 0.5) is 5.69 Å². The summed E-state index contributed by atoms with van der Waals surface area (Å²) in [7, 11) is 0. The smallest absolute Gasteiger partial charge is 0.0378 e. The topological polar surface area (TPSA) is 15.3 Å². The number of anilines is 1. The molecule has 0 aliphatic carbocycles. The summed E-state index contributed by atoms with van der Waals surface area (Å²) in [5.41, 5.74) is 2.70. The minimum Gasteiger partial charge on any atom is -0.371 e. The van der Waals surface area contributed by atoms with E-state index in [1.54, 1.807) is 0 Å². The normalized spacial score (nSPS) is 16.4. The Kier molecular flexibility index (Phi) is 6.54. The van der Waals surface area contributed by atoms with Crippen LogP contribution in [0.15, 0.2) is 22.7 Å². The summed E-state index contributed by atoms with van der Waals surface area (Å²) in [6.07, 6.45) is 2.48. The first-order valence-electron chi connectivity index (χ1n) is 7.13. The van der Waals surface area contributed by atoms with Gasteiger partial charge in [-0.15, -0.1) is 0 Å². The number of benzene rings is 1. The lowest BCUT2D eigenvalue weighted by atomic mass is 10.2. The van der Waals surface area contributed by atoms with Crippen molar-refractivity contribution in [3.63, 3.8) is 0 Å². The Balaban J connectivity index is 2.00. The largest absolute Gasteiger partial charge is 0.371 e. The first-order valence-corrected chi connectivity index (χ1v) is 9.08. The number of rotatable bonds is 5. The highest BCUT2D eigenvalue weighted by Gasteiger charge is 2.11. The fourth-order valence-corrected chi connectivity index (χ4v) is 3.67. The van der Waals surface area contributed by atoms with Crippen LogP contribution in [0.25, 0.3) is 0 Å². The second kappa shape index (κ2) is 8.18. The van der Waals surface area contributed by atoms with Gasteiger partial charge >= 0.3 is 0 Å². The third kappa shape index (κ3) is 4.69. The third-order valence-corrected chi connectivity index (χ3v) is 5.15. The van der Waals surface area contributed by atoms with Crippen molar-refractivity contribution in [1.29, 1.82) is 0 Å². The fraction of sp³-hybridized carbons (Fsp3) is 0.600. The van der Waals surface area contributed by atoms with E-state index in [1.165, 1.54) is 53.2 Å². The van der Waals surface area contributed by atoms with E-state index in [0.717, 1.165) is 13.1 Å². The molecule has 1 aromatic rings. The summed E-state index contributed by atoms with van der Waals surface area (Å²) >= 11 is 5.79. The van der Waals surface area contributed by atoms with Gasteiger partial charge in [0.05, 0.1) is 0 Å². The molecule has 0 unspecified atom stereocenters. The summed E-state index contributed by atoms with van der Waals surface area (Å²) in [5.74, 6) is 2.55. The van der Waals surface area contributed by atoms with Crippen molar-refractivity contribution < 1.29 is 0 Å². The van der Waals surface area contributed by atoms with Crippen molar-refractivity contribution in [3.05, 3.63) is 28.2 Å². The molecule has 1 saturated heterocycles. The molecular formula is C15H23BrN2S. The van der Waals surface area contributed by atoms with E-state index in [2.05, 4.69) is 63.0 Å².